The molecule has 4 rings (SSSR count). The van der Waals surface area contributed by atoms with Crippen molar-refractivity contribution in [3.8, 4) is 5.75 Å². The summed E-state index contributed by atoms with van der Waals surface area (Å²) in [7, 11) is 1.54. The van der Waals surface area contributed by atoms with Gasteiger partial charge in [0.1, 0.15) is 5.75 Å². The van der Waals surface area contributed by atoms with Crippen LogP contribution in [0.5, 0.6) is 5.75 Å². The SMILES string of the molecule is CNC(=O)COc1ccc(C(=O)N2c3ccccc3C(N(C(C)=O)c3ccc(Cl)cc3)CC2C)cc1. The molecular formula is C28H28ClN3O4. The van der Waals surface area contributed by atoms with E-state index in [0.29, 0.717) is 22.8 Å². The van der Waals surface area contributed by atoms with Crippen molar-refractivity contribution in [3.63, 3.8) is 0 Å². The van der Waals surface area contributed by atoms with Crippen LogP contribution in [0.2, 0.25) is 5.02 Å². The van der Waals surface area contributed by atoms with Gasteiger partial charge in [-0.05, 0) is 73.5 Å². The molecule has 186 valence electrons. The maximum absolute atomic E-state index is 13.6. The number of rotatable bonds is 6. The van der Waals surface area contributed by atoms with Crippen molar-refractivity contribution in [1.82, 2.24) is 5.32 Å². The molecule has 3 aromatic rings. The minimum atomic E-state index is -0.237. The van der Waals surface area contributed by atoms with Gasteiger partial charge in [0, 0.05) is 42.0 Å². The van der Waals surface area contributed by atoms with Gasteiger partial charge in [-0.25, -0.2) is 0 Å². The van der Waals surface area contributed by atoms with Gasteiger partial charge in [0.2, 0.25) is 5.91 Å². The van der Waals surface area contributed by atoms with E-state index in [1.807, 2.05) is 43.3 Å². The Balaban J connectivity index is 1.64. The molecular weight excluding hydrogens is 478 g/mol. The number of hydrogen-bond donors (Lipinski definition) is 1. The van der Waals surface area contributed by atoms with Crippen LogP contribution in [0.1, 0.15) is 42.2 Å². The van der Waals surface area contributed by atoms with Gasteiger partial charge in [0.25, 0.3) is 11.8 Å². The number of halogens is 1. The number of carbonyl (C=O) groups excluding carboxylic acids is 3. The average Bonchev–Trinajstić information content (AvgIpc) is 2.88. The number of amides is 3. The molecule has 1 aliphatic heterocycles. The quantitative estimate of drug-likeness (QED) is 0.511. The van der Waals surface area contributed by atoms with Crippen molar-refractivity contribution in [2.24, 2.45) is 0 Å². The first-order valence-corrected chi connectivity index (χ1v) is 12.1. The fraction of sp³-hybridized carbons (Fsp3) is 0.250. The van der Waals surface area contributed by atoms with Crippen LogP contribution >= 0.6 is 11.6 Å². The first kappa shape index (κ1) is 25.3. The summed E-state index contributed by atoms with van der Waals surface area (Å²) >= 11 is 6.07. The summed E-state index contributed by atoms with van der Waals surface area (Å²) in [6.45, 7) is 3.44. The molecule has 0 radical (unpaired) electrons. The Morgan fingerprint density at radius 3 is 2.33 bits per heavy atom. The van der Waals surface area contributed by atoms with E-state index in [0.717, 1.165) is 16.9 Å². The molecule has 36 heavy (non-hydrogen) atoms. The number of nitrogens with one attached hydrogen (secondary N) is 1. The third kappa shape index (κ3) is 5.21. The molecule has 2 unspecified atom stereocenters. The molecule has 0 saturated carbocycles. The van der Waals surface area contributed by atoms with E-state index >= 15 is 0 Å². The van der Waals surface area contributed by atoms with Crippen molar-refractivity contribution in [2.45, 2.75) is 32.4 Å². The maximum Gasteiger partial charge on any atom is 0.258 e. The number of likely N-dealkylation sites (N-methyl/N-ethyl adjacent to an activating group) is 1. The topological polar surface area (TPSA) is 79.0 Å². The summed E-state index contributed by atoms with van der Waals surface area (Å²) < 4.78 is 5.45. The molecule has 1 aliphatic rings. The molecule has 1 N–H and O–H groups in total. The minimum absolute atomic E-state index is 0.0866. The lowest BCUT2D eigenvalue weighted by molar-refractivity contribution is -0.122. The zero-order chi connectivity index (χ0) is 25.8. The van der Waals surface area contributed by atoms with Crippen LogP contribution in [0.15, 0.2) is 72.8 Å². The molecule has 1 heterocycles. The number of anilines is 2. The Morgan fingerprint density at radius 2 is 1.69 bits per heavy atom. The van der Waals surface area contributed by atoms with Gasteiger partial charge in [-0.1, -0.05) is 29.8 Å². The van der Waals surface area contributed by atoms with Crippen LogP contribution in [0, 0.1) is 0 Å². The van der Waals surface area contributed by atoms with E-state index in [9.17, 15) is 14.4 Å². The smallest absolute Gasteiger partial charge is 0.258 e. The van der Waals surface area contributed by atoms with Crippen molar-refractivity contribution in [3.05, 3.63) is 88.9 Å². The van der Waals surface area contributed by atoms with Crippen molar-refractivity contribution in [2.75, 3.05) is 23.5 Å². The monoisotopic (exact) mass is 505 g/mol. The summed E-state index contributed by atoms with van der Waals surface area (Å²) in [5.74, 6) is 0.0348. The molecule has 8 heteroatoms. The van der Waals surface area contributed by atoms with Crippen LogP contribution in [0.25, 0.3) is 0 Å². The first-order valence-electron chi connectivity index (χ1n) is 11.7. The molecule has 2 atom stereocenters. The summed E-state index contributed by atoms with van der Waals surface area (Å²) in [6.07, 6.45) is 0.568. The molecule has 0 aromatic heterocycles. The van der Waals surface area contributed by atoms with E-state index in [4.69, 9.17) is 16.3 Å². The second-order valence-electron chi connectivity index (χ2n) is 8.69. The fourth-order valence-electron chi connectivity index (χ4n) is 4.57. The lowest BCUT2D eigenvalue weighted by Crippen LogP contribution is -2.47. The van der Waals surface area contributed by atoms with Crippen molar-refractivity contribution >= 4 is 40.7 Å². The van der Waals surface area contributed by atoms with Crippen molar-refractivity contribution < 1.29 is 19.1 Å². The summed E-state index contributed by atoms with van der Waals surface area (Å²) in [6, 6.07) is 21.2. The lowest BCUT2D eigenvalue weighted by atomic mass is 9.89. The molecule has 0 saturated heterocycles. The normalized spacial score (nSPS) is 16.6. The number of hydrogen-bond acceptors (Lipinski definition) is 4. The van der Waals surface area contributed by atoms with Crippen LogP contribution in [-0.4, -0.2) is 37.4 Å². The summed E-state index contributed by atoms with van der Waals surface area (Å²) in [5.41, 5.74) is 2.93. The maximum atomic E-state index is 13.6. The highest BCUT2D eigenvalue weighted by molar-refractivity contribution is 6.30. The summed E-state index contributed by atoms with van der Waals surface area (Å²) in [4.78, 5) is 41.4. The number of para-hydroxylation sites is 1. The largest absolute Gasteiger partial charge is 0.484 e. The predicted molar refractivity (Wildman–Crippen MR) is 141 cm³/mol. The highest BCUT2D eigenvalue weighted by Gasteiger charge is 2.38. The van der Waals surface area contributed by atoms with E-state index in [1.165, 1.54) is 0 Å². The molecule has 3 amide bonds. The number of ether oxygens (including phenoxy) is 1. The molecule has 0 bridgehead atoms. The second-order valence-corrected chi connectivity index (χ2v) is 9.12. The van der Waals surface area contributed by atoms with E-state index < -0.39 is 0 Å². The average molecular weight is 506 g/mol. The van der Waals surface area contributed by atoms with Gasteiger partial charge in [-0.3, -0.25) is 14.4 Å². The van der Waals surface area contributed by atoms with Gasteiger partial charge in [-0.15, -0.1) is 0 Å². The van der Waals surface area contributed by atoms with Gasteiger partial charge in [0.05, 0.1) is 6.04 Å². The van der Waals surface area contributed by atoms with Gasteiger partial charge in [0.15, 0.2) is 6.61 Å². The van der Waals surface area contributed by atoms with Crippen LogP contribution < -0.4 is 19.9 Å². The number of carbonyl (C=O) groups is 3. The van der Waals surface area contributed by atoms with E-state index in [-0.39, 0.29) is 36.4 Å². The van der Waals surface area contributed by atoms with Gasteiger partial charge in [-0.2, -0.15) is 0 Å². The lowest BCUT2D eigenvalue weighted by Gasteiger charge is -2.43. The Labute approximate surface area is 215 Å². The molecule has 0 spiro atoms. The Morgan fingerprint density at radius 1 is 1.03 bits per heavy atom. The summed E-state index contributed by atoms with van der Waals surface area (Å²) in [5, 5.41) is 3.10. The van der Waals surface area contributed by atoms with Crippen LogP contribution in [-0.2, 0) is 9.59 Å². The standard InChI is InChI=1S/C28H28ClN3O4/c1-18-16-26(32(19(2)33)22-12-10-21(29)11-13-22)24-6-4-5-7-25(24)31(18)28(35)20-8-14-23(15-9-20)36-17-27(34)30-3/h4-15,18,26H,16-17H2,1-3H3,(H,30,34). The van der Waals surface area contributed by atoms with Crippen molar-refractivity contribution in [1.29, 1.82) is 0 Å². The third-order valence-electron chi connectivity index (χ3n) is 6.28. The Bertz CT molecular complexity index is 1260. The first-order chi connectivity index (χ1) is 17.3. The van der Waals surface area contributed by atoms with E-state index in [2.05, 4.69) is 5.32 Å². The Kier molecular flexibility index (Phi) is 7.60. The zero-order valence-electron chi connectivity index (χ0n) is 20.4. The minimum Gasteiger partial charge on any atom is -0.484 e. The van der Waals surface area contributed by atoms with E-state index in [1.54, 1.807) is 60.2 Å². The highest BCUT2D eigenvalue weighted by atomic mass is 35.5. The van der Waals surface area contributed by atoms with Gasteiger partial charge < -0.3 is 19.9 Å². The van der Waals surface area contributed by atoms with Crippen LogP contribution in [0.4, 0.5) is 11.4 Å². The molecule has 0 aliphatic carbocycles. The highest BCUT2D eigenvalue weighted by Crippen LogP contribution is 2.42. The predicted octanol–water partition coefficient (Wildman–Crippen LogP) is 5.00. The molecule has 3 aromatic carbocycles. The molecule has 7 nitrogen and oxygen atoms in total. The second kappa shape index (κ2) is 10.8. The number of fused-ring (bicyclic) bond motifs is 1. The van der Waals surface area contributed by atoms with Crippen LogP contribution in [0.3, 0.4) is 0 Å². The molecule has 0 fully saturated rings. The number of nitrogens with zero attached hydrogens (tertiary/aromatic N) is 2. The Hall–Kier alpha value is -3.84. The van der Waals surface area contributed by atoms with Gasteiger partial charge >= 0.3 is 0 Å². The number of benzene rings is 3. The fourth-order valence-corrected chi connectivity index (χ4v) is 4.70. The third-order valence-corrected chi connectivity index (χ3v) is 6.54. The zero-order valence-corrected chi connectivity index (χ0v) is 21.2.